The first-order valence-corrected chi connectivity index (χ1v) is 7.88. The molecule has 1 aromatic rings. The lowest BCUT2D eigenvalue weighted by Gasteiger charge is -2.14. The molecular formula is C16H18N2O8. The lowest BCUT2D eigenvalue weighted by atomic mass is 10.1. The van der Waals surface area contributed by atoms with E-state index in [9.17, 15) is 24.5 Å². The average Bonchev–Trinajstić information content (AvgIpc) is 3.05. The Kier molecular flexibility index (Phi) is 6.10. The summed E-state index contributed by atoms with van der Waals surface area (Å²) in [5, 5.41) is 11.3. The van der Waals surface area contributed by atoms with Crippen LogP contribution in [0.4, 0.5) is 5.69 Å². The Morgan fingerprint density at radius 3 is 2.58 bits per heavy atom. The van der Waals surface area contributed by atoms with Gasteiger partial charge in [0, 0.05) is 19.0 Å². The third-order valence-corrected chi connectivity index (χ3v) is 3.70. The summed E-state index contributed by atoms with van der Waals surface area (Å²) < 4.78 is 15.2. The van der Waals surface area contributed by atoms with Crippen molar-refractivity contribution in [2.24, 2.45) is 0 Å². The van der Waals surface area contributed by atoms with Crippen LogP contribution in [0, 0.1) is 10.1 Å². The molecule has 26 heavy (non-hydrogen) atoms. The number of ether oxygens (including phenoxy) is 3. The molecule has 0 aromatic heterocycles. The Morgan fingerprint density at radius 2 is 2.04 bits per heavy atom. The van der Waals surface area contributed by atoms with Crippen molar-refractivity contribution in [1.82, 2.24) is 4.90 Å². The number of benzene rings is 1. The molecule has 1 aromatic carbocycles. The fourth-order valence-electron chi connectivity index (χ4n) is 2.49. The number of imide groups is 1. The molecule has 1 saturated heterocycles. The van der Waals surface area contributed by atoms with Gasteiger partial charge in [-0.2, -0.15) is 0 Å². The zero-order valence-electron chi connectivity index (χ0n) is 14.4. The first kappa shape index (κ1) is 19.2. The smallest absolute Gasteiger partial charge is 0.345 e. The number of carbonyl (C=O) groups is 3. The fourth-order valence-corrected chi connectivity index (χ4v) is 2.49. The van der Waals surface area contributed by atoms with Crippen molar-refractivity contribution in [3.63, 3.8) is 0 Å². The maximum Gasteiger partial charge on any atom is 0.345 e. The molecule has 0 N–H and O–H groups in total. The van der Waals surface area contributed by atoms with Crippen LogP contribution < -0.4 is 9.47 Å². The Bertz CT molecular complexity index is 746. The normalized spacial score (nSPS) is 13.5. The molecule has 0 aliphatic carbocycles. The topological polar surface area (TPSA) is 125 Å². The zero-order chi connectivity index (χ0) is 19.3. The number of methoxy groups -OCH3 is 1. The quantitative estimate of drug-likeness (QED) is 0.402. The molecule has 10 heteroatoms. The minimum atomic E-state index is -1.07. The highest BCUT2D eigenvalue weighted by Crippen LogP contribution is 2.35. The number of nitrogens with zero attached hydrogens (tertiary/aromatic N) is 2. The number of amides is 2. The highest BCUT2D eigenvalue weighted by atomic mass is 16.6. The van der Waals surface area contributed by atoms with Crippen LogP contribution in [-0.4, -0.2) is 54.5 Å². The summed E-state index contributed by atoms with van der Waals surface area (Å²) in [6.07, 6.45) is 0.821. The molecule has 10 nitrogen and oxygen atoms in total. The van der Waals surface area contributed by atoms with E-state index in [0.717, 1.165) is 17.0 Å². The van der Waals surface area contributed by atoms with E-state index in [1.54, 1.807) is 6.92 Å². The Labute approximate surface area is 148 Å². The van der Waals surface area contributed by atoms with Crippen LogP contribution in [0.3, 0.4) is 0 Å². The first-order chi connectivity index (χ1) is 12.4. The summed E-state index contributed by atoms with van der Waals surface area (Å²) in [5.74, 6) is -1.85. The summed E-state index contributed by atoms with van der Waals surface area (Å²) in [6, 6.07) is 2.18. The van der Waals surface area contributed by atoms with Crippen molar-refractivity contribution < 1.29 is 33.5 Å². The second-order valence-electron chi connectivity index (χ2n) is 5.33. The van der Waals surface area contributed by atoms with Gasteiger partial charge in [0.15, 0.2) is 18.1 Å². The van der Waals surface area contributed by atoms with Crippen LogP contribution >= 0.6 is 0 Å². The fraction of sp³-hybridized carbons (Fsp3) is 0.438. The van der Waals surface area contributed by atoms with Gasteiger partial charge in [0.25, 0.3) is 11.6 Å². The van der Waals surface area contributed by atoms with E-state index >= 15 is 0 Å². The van der Waals surface area contributed by atoms with E-state index in [4.69, 9.17) is 14.2 Å². The van der Waals surface area contributed by atoms with Gasteiger partial charge in [-0.25, -0.2) is 4.79 Å². The van der Waals surface area contributed by atoms with Gasteiger partial charge in [0.05, 0.1) is 24.7 Å². The third-order valence-electron chi connectivity index (χ3n) is 3.70. The highest BCUT2D eigenvalue weighted by Gasteiger charge is 2.29. The van der Waals surface area contributed by atoms with Crippen LogP contribution in [0.1, 0.15) is 30.1 Å². The van der Waals surface area contributed by atoms with Crippen molar-refractivity contribution in [1.29, 1.82) is 0 Å². The lowest BCUT2D eigenvalue weighted by molar-refractivity contribution is -0.385. The number of likely N-dealkylation sites (tertiary alicyclic amines) is 1. The molecule has 0 atom stereocenters. The predicted octanol–water partition coefficient (Wildman–Crippen LogP) is 1.31. The van der Waals surface area contributed by atoms with Crippen molar-refractivity contribution in [3.8, 4) is 11.5 Å². The minimum Gasteiger partial charge on any atom is -0.493 e. The van der Waals surface area contributed by atoms with Gasteiger partial charge >= 0.3 is 5.97 Å². The summed E-state index contributed by atoms with van der Waals surface area (Å²) in [4.78, 5) is 47.1. The van der Waals surface area contributed by atoms with Crippen molar-refractivity contribution in [2.75, 3.05) is 26.9 Å². The Morgan fingerprint density at radius 1 is 1.31 bits per heavy atom. The van der Waals surface area contributed by atoms with Crippen molar-refractivity contribution in [3.05, 3.63) is 27.8 Å². The number of esters is 1. The monoisotopic (exact) mass is 366 g/mol. The number of nitro benzene ring substituents is 1. The number of nitro groups is 1. The molecule has 0 radical (unpaired) electrons. The maximum absolute atomic E-state index is 12.2. The van der Waals surface area contributed by atoms with E-state index in [-0.39, 0.29) is 42.5 Å². The van der Waals surface area contributed by atoms with Crippen LogP contribution in [0.15, 0.2) is 12.1 Å². The molecule has 1 aliphatic rings. The van der Waals surface area contributed by atoms with Gasteiger partial charge in [-0.05, 0) is 13.3 Å². The predicted molar refractivity (Wildman–Crippen MR) is 87.1 cm³/mol. The van der Waals surface area contributed by atoms with Crippen molar-refractivity contribution in [2.45, 2.75) is 19.8 Å². The molecule has 0 unspecified atom stereocenters. The van der Waals surface area contributed by atoms with Gasteiger partial charge in [0.1, 0.15) is 5.56 Å². The molecule has 0 spiro atoms. The average molecular weight is 366 g/mol. The lowest BCUT2D eigenvalue weighted by Crippen LogP contribution is -2.35. The van der Waals surface area contributed by atoms with Crippen LogP contribution in [0.5, 0.6) is 11.5 Å². The first-order valence-electron chi connectivity index (χ1n) is 7.88. The van der Waals surface area contributed by atoms with Gasteiger partial charge < -0.3 is 14.2 Å². The summed E-state index contributed by atoms with van der Waals surface area (Å²) in [7, 11) is 1.32. The van der Waals surface area contributed by atoms with E-state index in [2.05, 4.69) is 0 Å². The second kappa shape index (κ2) is 8.28. The molecule has 2 rings (SSSR count). The van der Waals surface area contributed by atoms with E-state index in [1.807, 2.05) is 0 Å². The molecule has 1 fully saturated rings. The Hall–Kier alpha value is -3.17. The highest BCUT2D eigenvalue weighted by molar-refractivity contribution is 5.99. The standard InChI is InChI=1S/C16H18N2O8/c1-3-25-13-8-11(18(22)23)10(7-12(13)24-2)16(21)26-9-15(20)17-6-4-5-14(17)19/h7-8H,3-6,9H2,1-2H3. The Balaban J connectivity index is 2.20. The minimum absolute atomic E-state index is 0.108. The molecular weight excluding hydrogens is 348 g/mol. The number of rotatable bonds is 7. The largest absolute Gasteiger partial charge is 0.493 e. The third kappa shape index (κ3) is 4.08. The maximum atomic E-state index is 12.2. The SMILES string of the molecule is CCOc1cc([N+](=O)[O-])c(C(=O)OCC(=O)N2CCCC2=O)cc1OC. The van der Waals surface area contributed by atoms with Gasteiger partial charge in [-0.3, -0.25) is 24.6 Å². The molecule has 2 amide bonds. The number of hydrogen-bond acceptors (Lipinski definition) is 8. The van der Waals surface area contributed by atoms with Crippen LogP contribution in [0.2, 0.25) is 0 Å². The molecule has 0 saturated carbocycles. The van der Waals surface area contributed by atoms with E-state index in [1.165, 1.54) is 7.11 Å². The van der Waals surface area contributed by atoms with Crippen LogP contribution in [0.25, 0.3) is 0 Å². The van der Waals surface area contributed by atoms with E-state index < -0.39 is 29.1 Å². The zero-order valence-corrected chi connectivity index (χ0v) is 14.4. The summed E-state index contributed by atoms with van der Waals surface area (Å²) in [5.41, 5.74) is -0.917. The second-order valence-corrected chi connectivity index (χ2v) is 5.33. The van der Waals surface area contributed by atoms with Crippen molar-refractivity contribution >= 4 is 23.5 Å². The van der Waals surface area contributed by atoms with Gasteiger partial charge in [-0.15, -0.1) is 0 Å². The van der Waals surface area contributed by atoms with Crippen LogP contribution in [-0.2, 0) is 14.3 Å². The number of hydrogen-bond donors (Lipinski definition) is 0. The number of carbonyl (C=O) groups excluding carboxylic acids is 3. The van der Waals surface area contributed by atoms with E-state index in [0.29, 0.717) is 6.42 Å². The molecule has 0 bridgehead atoms. The molecule has 140 valence electrons. The molecule has 1 aliphatic heterocycles. The molecule has 1 heterocycles. The van der Waals surface area contributed by atoms with Gasteiger partial charge in [0.2, 0.25) is 5.91 Å². The summed E-state index contributed by atoms with van der Waals surface area (Å²) in [6.45, 7) is 1.53. The summed E-state index contributed by atoms with van der Waals surface area (Å²) >= 11 is 0. The van der Waals surface area contributed by atoms with Gasteiger partial charge in [-0.1, -0.05) is 0 Å².